The van der Waals surface area contributed by atoms with Crippen LogP contribution in [0.5, 0.6) is 0 Å². The monoisotopic (exact) mass is 386 g/mol. The first kappa shape index (κ1) is 17.6. The number of hydrogen-bond donors (Lipinski definition) is 1. The van der Waals surface area contributed by atoms with Gasteiger partial charge in [0.2, 0.25) is 5.91 Å². The van der Waals surface area contributed by atoms with Gasteiger partial charge in [0.05, 0.1) is 6.54 Å². The molecule has 2 aromatic rings. The lowest BCUT2D eigenvalue weighted by Gasteiger charge is -2.29. The van der Waals surface area contributed by atoms with Gasteiger partial charge in [-0.15, -0.1) is 0 Å². The Morgan fingerprint density at radius 3 is 2.61 bits per heavy atom. The molecule has 1 atom stereocenters. The summed E-state index contributed by atoms with van der Waals surface area (Å²) in [5.74, 6) is -0.286. The van der Waals surface area contributed by atoms with Crippen molar-refractivity contribution in [2.24, 2.45) is 5.73 Å². The number of amides is 1. The fourth-order valence-corrected chi connectivity index (χ4v) is 2.51. The molecule has 2 N–H and O–H groups in total. The van der Waals surface area contributed by atoms with Crippen molar-refractivity contribution in [3.63, 3.8) is 0 Å². The lowest BCUT2D eigenvalue weighted by molar-refractivity contribution is -0.136. The standard InChI is InChI=1S/C15H17BrF2N4O/c1-15(19,10-3-5-11(16)6-4-10)13(23)21(2)9-12-20-7-8-22(12)14(17)18/h3-8,14H,9,19H2,1-2H3. The number of carbonyl (C=O) groups is 1. The lowest BCUT2D eigenvalue weighted by Crippen LogP contribution is -2.49. The normalized spacial score (nSPS) is 13.9. The predicted octanol–water partition coefficient (Wildman–Crippen LogP) is 2.87. The Morgan fingerprint density at radius 1 is 1.43 bits per heavy atom. The van der Waals surface area contributed by atoms with Gasteiger partial charge < -0.3 is 10.6 Å². The van der Waals surface area contributed by atoms with Crippen LogP contribution in [0.15, 0.2) is 41.1 Å². The second-order valence-corrected chi connectivity index (χ2v) is 6.31. The van der Waals surface area contributed by atoms with Crippen LogP contribution in [0.3, 0.4) is 0 Å². The maximum absolute atomic E-state index is 12.8. The van der Waals surface area contributed by atoms with Crippen molar-refractivity contribution in [3.8, 4) is 0 Å². The van der Waals surface area contributed by atoms with Crippen molar-refractivity contribution in [2.45, 2.75) is 25.6 Å². The summed E-state index contributed by atoms with van der Waals surface area (Å²) in [5, 5.41) is 0. The number of carbonyl (C=O) groups excluding carboxylic acids is 1. The van der Waals surface area contributed by atoms with E-state index in [2.05, 4.69) is 20.9 Å². The molecule has 1 aromatic carbocycles. The van der Waals surface area contributed by atoms with Crippen LogP contribution in [0.25, 0.3) is 0 Å². The van der Waals surface area contributed by atoms with E-state index in [9.17, 15) is 13.6 Å². The third kappa shape index (κ3) is 3.76. The number of halogens is 3. The van der Waals surface area contributed by atoms with E-state index in [1.54, 1.807) is 31.2 Å². The quantitative estimate of drug-likeness (QED) is 0.858. The van der Waals surface area contributed by atoms with Gasteiger partial charge in [0.1, 0.15) is 11.4 Å². The second-order valence-electron chi connectivity index (χ2n) is 5.40. The summed E-state index contributed by atoms with van der Waals surface area (Å²) in [6.45, 7) is -1.17. The van der Waals surface area contributed by atoms with Crippen molar-refractivity contribution in [3.05, 3.63) is 52.5 Å². The number of aromatic nitrogens is 2. The lowest BCUT2D eigenvalue weighted by atomic mass is 9.92. The molecule has 23 heavy (non-hydrogen) atoms. The van der Waals surface area contributed by atoms with Gasteiger partial charge in [-0.25, -0.2) is 4.98 Å². The van der Waals surface area contributed by atoms with Crippen LogP contribution in [0.4, 0.5) is 8.78 Å². The first-order valence-electron chi connectivity index (χ1n) is 6.84. The largest absolute Gasteiger partial charge is 0.336 e. The third-order valence-corrected chi connectivity index (χ3v) is 4.10. The fraction of sp³-hybridized carbons (Fsp3) is 0.333. The van der Waals surface area contributed by atoms with E-state index in [-0.39, 0.29) is 18.3 Å². The molecular formula is C15H17BrF2N4O. The van der Waals surface area contributed by atoms with Crippen molar-refractivity contribution in [1.29, 1.82) is 0 Å². The van der Waals surface area contributed by atoms with Crippen molar-refractivity contribution < 1.29 is 13.6 Å². The molecule has 0 aliphatic carbocycles. The van der Waals surface area contributed by atoms with E-state index < -0.39 is 12.1 Å². The second kappa shape index (κ2) is 6.76. The minimum Gasteiger partial charge on any atom is -0.336 e. The van der Waals surface area contributed by atoms with E-state index >= 15 is 0 Å². The average molecular weight is 387 g/mol. The maximum Gasteiger partial charge on any atom is 0.319 e. The van der Waals surface area contributed by atoms with Crippen LogP contribution in [0.2, 0.25) is 0 Å². The molecule has 0 bridgehead atoms. The number of likely N-dealkylation sites (N-methyl/N-ethyl adjacent to an activating group) is 1. The van der Waals surface area contributed by atoms with Crippen LogP contribution in [-0.2, 0) is 16.9 Å². The molecule has 0 aliphatic rings. The number of benzene rings is 1. The average Bonchev–Trinajstić information content (AvgIpc) is 2.95. The number of hydrogen-bond acceptors (Lipinski definition) is 3. The maximum atomic E-state index is 12.8. The van der Waals surface area contributed by atoms with E-state index in [1.807, 2.05) is 0 Å². The molecule has 5 nitrogen and oxygen atoms in total. The highest BCUT2D eigenvalue weighted by atomic mass is 79.9. The van der Waals surface area contributed by atoms with Gasteiger partial charge in [0.25, 0.3) is 0 Å². The highest BCUT2D eigenvalue weighted by Gasteiger charge is 2.33. The zero-order chi connectivity index (χ0) is 17.2. The summed E-state index contributed by atoms with van der Waals surface area (Å²) < 4.78 is 27.3. The minimum atomic E-state index is -2.70. The molecule has 1 amide bonds. The summed E-state index contributed by atoms with van der Waals surface area (Å²) in [6, 6.07) is 7.07. The van der Waals surface area contributed by atoms with Gasteiger partial charge in [0, 0.05) is 23.9 Å². The van der Waals surface area contributed by atoms with Crippen molar-refractivity contribution in [2.75, 3.05) is 7.05 Å². The Kier molecular flexibility index (Phi) is 5.16. The van der Waals surface area contributed by atoms with Gasteiger partial charge in [-0.3, -0.25) is 9.36 Å². The Bertz CT molecular complexity index is 685. The third-order valence-electron chi connectivity index (χ3n) is 3.57. The number of nitrogens with zero attached hydrogens (tertiary/aromatic N) is 3. The summed E-state index contributed by atoms with van der Waals surface area (Å²) in [4.78, 5) is 17.8. The Morgan fingerprint density at radius 2 is 2.04 bits per heavy atom. The van der Waals surface area contributed by atoms with Crippen LogP contribution >= 0.6 is 15.9 Å². The van der Waals surface area contributed by atoms with Crippen LogP contribution in [0, 0.1) is 0 Å². The molecule has 0 saturated carbocycles. The van der Waals surface area contributed by atoms with Crippen LogP contribution in [0.1, 0.15) is 24.9 Å². The number of rotatable bonds is 5. The molecule has 1 heterocycles. The van der Waals surface area contributed by atoms with E-state index in [0.29, 0.717) is 5.56 Å². The highest BCUT2D eigenvalue weighted by molar-refractivity contribution is 9.10. The number of nitrogens with two attached hydrogens (primary N) is 1. The predicted molar refractivity (Wildman–Crippen MR) is 85.6 cm³/mol. The molecule has 8 heteroatoms. The van der Waals surface area contributed by atoms with Gasteiger partial charge in [-0.05, 0) is 24.6 Å². The molecule has 2 rings (SSSR count). The van der Waals surface area contributed by atoms with Gasteiger partial charge >= 0.3 is 6.55 Å². The summed E-state index contributed by atoms with van der Waals surface area (Å²) in [7, 11) is 1.51. The van der Waals surface area contributed by atoms with Crippen LogP contribution in [-0.4, -0.2) is 27.4 Å². The molecule has 124 valence electrons. The number of alkyl halides is 2. The molecule has 0 fully saturated rings. The Balaban J connectivity index is 2.18. The zero-order valence-electron chi connectivity index (χ0n) is 12.7. The summed E-state index contributed by atoms with van der Waals surface area (Å²) in [5.41, 5.74) is 5.55. The molecule has 1 aromatic heterocycles. The Labute approximate surface area is 141 Å². The molecule has 0 radical (unpaired) electrons. The molecule has 0 aliphatic heterocycles. The number of imidazole rings is 1. The van der Waals surface area contributed by atoms with Crippen LogP contribution < -0.4 is 5.73 Å². The van der Waals surface area contributed by atoms with E-state index in [4.69, 9.17) is 5.73 Å². The van der Waals surface area contributed by atoms with Crippen molar-refractivity contribution in [1.82, 2.24) is 14.5 Å². The molecule has 1 unspecified atom stereocenters. The van der Waals surface area contributed by atoms with E-state index in [0.717, 1.165) is 9.04 Å². The first-order chi connectivity index (χ1) is 10.7. The first-order valence-corrected chi connectivity index (χ1v) is 7.63. The van der Waals surface area contributed by atoms with Gasteiger partial charge in [0.15, 0.2) is 0 Å². The minimum absolute atomic E-state index is 0.0561. The highest BCUT2D eigenvalue weighted by Crippen LogP contribution is 2.23. The van der Waals surface area contributed by atoms with Gasteiger partial charge in [-0.2, -0.15) is 8.78 Å². The SMILES string of the molecule is CN(Cc1nccn1C(F)F)C(=O)C(C)(N)c1ccc(Br)cc1. The fourth-order valence-electron chi connectivity index (χ4n) is 2.24. The summed E-state index contributed by atoms with van der Waals surface area (Å²) in [6.07, 6.45) is 2.45. The molecular weight excluding hydrogens is 370 g/mol. The molecule has 0 spiro atoms. The topological polar surface area (TPSA) is 64.2 Å². The summed E-state index contributed by atoms with van der Waals surface area (Å²) >= 11 is 3.32. The van der Waals surface area contributed by atoms with Gasteiger partial charge in [-0.1, -0.05) is 28.1 Å². The Hall–Kier alpha value is -1.80. The zero-order valence-corrected chi connectivity index (χ0v) is 14.3. The smallest absolute Gasteiger partial charge is 0.319 e. The van der Waals surface area contributed by atoms with Crippen molar-refractivity contribution >= 4 is 21.8 Å². The van der Waals surface area contributed by atoms with E-state index in [1.165, 1.54) is 24.3 Å². The molecule has 0 saturated heterocycles.